The van der Waals surface area contributed by atoms with Crippen molar-refractivity contribution in [3.63, 3.8) is 0 Å². The number of hydrogen-bond donors (Lipinski definition) is 1. The monoisotopic (exact) mass is 288 g/mol. The summed E-state index contributed by atoms with van der Waals surface area (Å²) in [7, 11) is 0. The van der Waals surface area contributed by atoms with Gasteiger partial charge in [0.05, 0.1) is 12.7 Å². The van der Waals surface area contributed by atoms with E-state index in [-0.39, 0.29) is 6.54 Å². The first-order valence-corrected chi connectivity index (χ1v) is 5.40. The van der Waals surface area contributed by atoms with Crippen LogP contribution >= 0.6 is 0 Å². The van der Waals surface area contributed by atoms with Crippen molar-refractivity contribution in [2.24, 2.45) is 0 Å². The van der Waals surface area contributed by atoms with Crippen molar-refractivity contribution in [1.29, 1.82) is 0 Å². The zero-order chi connectivity index (χ0) is 14.9. The minimum absolute atomic E-state index is 0.303. The van der Waals surface area contributed by atoms with E-state index in [0.717, 1.165) is 12.1 Å². The molecule has 1 heterocycles. The van der Waals surface area contributed by atoms with Crippen LogP contribution in [0.4, 0.5) is 17.6 Å². The largest absolute Gasteiger partial charge is 0.478 e. The summed E-state index contributed by atoms with van der Waals surface area (Å²) < 4.78 is 51.9. The predicted octanol–water partition coefficient (Wildman–Crippen LogP) is 2.79. The van der Waals surface area contributed by atoms with Gasteiger partial charge in [-0.1, -0.05) is 12.1 Å². The third-order valence-corrected chi connectivity index (χ3v) is 2.58. The Morgan fingerprint density at radius 3 is 2.35 bits per heavy atom. The van der Waals surface area contributed by atoms with Crippen LogP contribution in [0.1, 0.15) is 21.6 Å². The quantitative estimate of drug-likeness (QED) is 0.884. The van der Waals surface area contributed by atoms with Crippen molar-refractivity contribution in [3.05, 3.63) is 53.1 Å². The highest BCUT2D eigenvalue weighted by atomic mass is 19.4. The van der Waals surface area contributed by atoms with Crippen LogP contribution in [0, 0.1) is 5.82 Å². The van der Waals surface area contributed by atoms with Gasteiger partial charge in [0.1, 0.15) is 11.4 Å². The third kappa shape index (κ3) is 2.79. The second kappa shape index (κ2) is 4.95. The molecule has 0 saturated carbocycles. The molecule has 0 aliphatic rings. The van der Waals surface area contributed by atoms with E-state index in [2.05, 4.69) is 5.10 Å². The van der Waals surface area contributed by atoms with Gasteiger partial charge < -0.3 is 5.11 Å². The van der Waals surface area contributed by atoms with E-state index in [1.165, 1.54) is 12.1 Å². The van der Waals surface area contributed by atoms with Crippen LogP contribution in [0.3, 0.4) is 0 Å². The number of hydrogen-bond acceptors (Lipinski definition) is 2. The number of carboxylic acid groups (broad SMARTS) is 1. The fourth-order valence-electron chi connectivity index (χ4n) is 1.72. The third-order valence-electron chi connectivity index (χ3n) is 2.58. The van der Waals surface area contributed by atoms with Crippen molar-refractivity contribution in [1.82, 2.24) is 9.78 Å². The molecular formula is C12H8F4N2O2. The maximum Gasteiger partial charge on any atom is 0.433 e. The molecule has 1 N–H and O–H groups in total. The molecule has 2 rings (SSSR count). The van der Waals surface area contributed by atoms with E-state index >= 15 is 0 Å². The molecule has 0 fully saturated rings. The lowest BCUT2D eigenvalue weighted by atomic mass is 10.2. The van der Waals surface area contributed by atoms with Crippen LogP contribution in [0.15, 0.2) is 30.5 Å². The highest BCUT2D eigenvalue weighted by molar-refractivity contribution is 5.88. The lowest BCUT2D eigenvalue weighted by molar-refractivity contribution is -0.144. The number of aromatic nitrogens is 2. The van der Waals surface area contributed by atoms with E-state index < -0.39 is 29.2 Å². The average Bonchev–Trinajstić information content (AvgIpc) is 2.76. The van der Waals surface area contributed by atoms with Crippen molar-refractivity contribution in [2.45, 2.75) is 12.7 Å². The van der Waals surface area contributed by atoms with Crippen molar-refractivity contribution in [3.8, 4) is 0 Å². The van der Waals surface area contributed by atoms with Crippen LogP contribution in [0.5, 0.6) is 0 Å². The van der Waals surface area contributed by atoms with Crippen molar-refractivity contribution < 1.29 is 27.5 Å². The van der Waals surface area contributed by atoms with Gasteiger partial charge in [-0.2, -0.15) is 18.3 Å². The number of carbonyl (C=O) groups is 1. The first-order chi connectivity index (χ1) is 9.29. The van der Waals surface area contributed by atoms with Crippen LogP contribution in [-0.2, 0) is 12.7 Å². The summed E-state index contributed by atoms with van der Waals surface area (Å²) in [6, 6.07) is 4.81. The number of rotatable bonds is 3. The fourth-order valence-corrected chi connectivity index (χ4v) is 1.72. The molecular weight excluding hydrogens is 280 g/mol. The molecule has 0 saturated heterocycles. The summed E-state index contributed by atoms with van der Waals surface area (Å²) in [5, 5.41) is 12.2. The number of halogens is 4. The number of aromatic carboxylic acids is 1. The van der Waals surface area contributed by atoms with Gasteiger partial charge in [-0.15, -0.1) is 0 Å². The average molecular weight is 288 g/mol. The van der Waals surface area contributed by atoms with Gasteiger partial charge in [0.2, 0.25) is 0 Å². The molecule has 0 unspecified atom stereocenters. The van der Waals surface area contributed by atoms with E-state index in [4.69, 9.17) is 5.11 Å². The number of alkyl halides is 3. The zero-order valence-corrected chi connectivity index (χ0v) is 9.86. The van der Waals surface area contributed by atoms with Crippen LogP contribution in [0.2, 0.25) is 0 Å². The zero-order valence-electron chi connectivity index (χ0n) is 9.86. The molecule has 0 spiro atoms. The molecule has 0 aliphatic heterocycles. The molecule has 0 bridgehead atoms. The van der Waals surface area contributed by atoms with Crippen LogP contribution in [-0.4, -0.2) is 20.9 Å². The van der Waals surface area contributed by atoms with Crippen LogP contribution in [0.25, 0.3) is 0 Å². The maximum absolute atomic E-state index is 12.9. The van der Waals surface area contributed by atoms with E-state index in [0.29, 0.717) is 16.4 Å². The summed E-state index contributed by atoms with van der Waals surface area (Å²) in [4.78, 5) is 10.8. The Balaban J connectivity index is 2.42. The first kappa shape index (κ1) is 14.0. The number of carboxylic acids is 1. The topological polar surface area (TPSA) is 55.1 Å². The molecule has 2 aromatic rings. The normalized spacial score (nSPS) is 11.6. The number of nitrogens with zero attached hydrogens (tertiary/aromatic N) is 2. The summed E-state index contributed by atoms with van der Waals surface area (Å²) in [5.41, 5.74) is -1.88. The van der Waals surface area contributed by atoms with Gasteiger partial charge in [0.15, 0.2) is 5.69 Å². The van der Waals surface area contributed by atoms with Gasteiger partial charge in [0.25, 0.3) is 0 Å². The van der Waals surface area contributed by atoms with Gasteiger partial charge in [-0.05, 0) is 17.7 Å². The Bertz CT molecular complexity index is 632. The van der Waals surface area contributed by atoms with E-state index in [9.17, 15) is 22.4 Å². The standard InChI is InChI=1S/C12H8F4N2O2/c13-8-3-1-7(2-4-8)6-18-10(12(14,15)16)9(5-17-18)11(19)20/h1-5H,6H2,(H,19,20). The van der Waals surface area contributed by atoms with Gasteiger partial charge in [0, 0.05) is 0 Å². The lowest BCUT2D eigenvalue weighted by Crippen LogP contribution is -2.18. The highest BCUT2D eigenvalue weighted by Crippen LogP contribution is 2.32. The summed E-state index contributed by atoms with van der Waals surface area (Å²) >= 11 is 0. The van der Waals surface area contributed by atoms with E-state index in [1.807, 2.05) is 0 Å². The van der Waals surface area contributed by atoms with Gasteiger partial charge in [-0.3, -0.25) is 4.68 Å². The smallest absolute Gasteiger partial charge is 0.433 e. The van der Waals surface area contributed by atoms with Crippen molar-refractivity contribution >= 4 is 5.97 Å². The Hall–Kier alpha value is -2.38. The minimum Gasteiger partial charge on any atom is -0.478 e. The Labute approximate surface area is 110 Å². The molecule has 1 aromatic heterocycles. The summed E-state index contributed by atoms with van der Waals surface area (Å²) in [6.07, 6.45) is -4.20. The Morgan fingerprint density at radius 1 is 1.25 bits per heavy atom. The van der Waals surface area contributed by atoms with Crippen molar-refractivity contribution in [2.75, 3.05) is 0 Å². The SMILES string of the molecule is O=C(O)c1cnn(Cc2ccc(F)cc2)c1C(F)(F)F. The molecule has 20 heavy (non-hydrogen) atoms. The Kier molecular flexibility index (Phi) is 3.47. The molecule has 1 aromatic carbocycles. The molecule has 0 amide bonds. The second-order valence-corrected chi connectivity index (χ2v) is 3.99. The number of benzene rings is 1. The molecule has 8 heteroatoms. The van der Waals surface area contributed by atoms with E-state index in [1.54, 1.807) is 0 Å². The van der Waals surface area contributed by atoms with Crippen LogP contribution < -0.4 is 0 Å². The molecule has 0 radical (unpaired) electrons. The fraction of sp³-hybridized carbons (Fsp3) is 0.167. The maximum atomic E-state index is 12.9. The Morgan fingerprint density at radius 2 is 1.85 bits per heavy atom. The van der Waals surface area contributed by atoms with Gasteiger partial charge >= 0.3 is 12.1 Å². The first-order valence-electron chi connectivity index (χ1n) is 5.40. The molecule has 0 atom stereocenters. The van der Waals surface area contributed by atoms with Gasteiger partial charge in [-0.25, -0.2) is 9.18 Å². The summed E-state index contributed by atoms with van der Waals surface area (Å²) in [6.45, 7) is -0.303. The summed E-state index contributed by atoms with van der Waals surface area (Å²) in [5.74, 6) is -2.22. The lowest BCUT2D eigenvalue weighted by Gasteiger charge is -2.11. The second-order valence-electron chi connectivity index (χ2n) is 3.99. The molecule has 4 nitrogen and oxygen atoms in total. The molecule has 0 aliphatic carbocycles. The molecule has 106 valence electrons. The highest BCUT2D eigenvalue weighted by Gasteiger charge is 2.40. The predicted molar refractivity (Wildman–Crippen MR) is 59.7 cm³/mol. The minimum atomic E-state index is -4.84.